The minimum atomic E-state index is -0.850. The Labute approximate surface area is 93.5 Å². The number of carboxylic acid groups (broad SMARTS) is 1. The average molecular weight is 225 g/mol. The minimum Gasteiger partial charge on any atom is -0.480 e. The Balaban J connectivity index is 2.62. The van der Waals surface area contributed by atoms with E-state index in [9.17, 15) is 4.79 Å². The fourth-order valence-corrected chi connectivity index (χ4v) is 1.79. The van der Waals surface area contributed by atoms with Gasteiger partial charge in [-0.25, -0.2) is 4.79 Å². The van der Waals surface area contributed by atoms with E-state index in [0.717, 1.165) is 4.88 Å². The Hall–Kier alpha value is -1.16. The van der Waals surface area contributed by atoms with Crippen LogP contribution in [0.25, 0.3) is 0 Å². The first-order valence-corrected chi connectivity index (χ1v) is 5.77. The molecule has 4 heteroatoms. The molecule has 0 aliphatic carbocycles. The van der Waals surface area contributed by atoms with Gasteiger partial charge >= 0.3 is 5.97 Å². The van der Waals surface area contributed by atoms with E-state index in [0.29, 0.717) is 12.3 Å². The Morgan fingerprint density at radius 3 is 2.87 bits per heavy atom. The predicted molar refractivity (Wildman–Crippen MR) is 62.8 cm³/mol. The summed E-state index contributed by atoms with van der Waals surface area (Å²) in [4.78, 5) is 16.0. The Morgan fingerprint density at radius 1 is 1.67 bits per heavy atom. The molecule has 0 fully saturated rings. The van der Waals surface area contributed by atoms with Crippen LogP contribution in [0.15, 0.2) is 22.5 Å². The van der Waals surface area contributed by atoms with Crippen LogP contribution >= 0.6 is 11.3 Å². The fraction of sp³-hybridized carbons (Fsp3) is 0.455. The second-order valence-corrected chi connectivity index (χ2v) is 4.76. The molecule has 0 saturated heterocycles. The third-order valence-electron chi connectivity index (χ3n) is 1.90. The SMILES string of the molecule is CC(C)CC(/N=C/c1cccs1)C(=O)O. The smallest absolute Gasteiger partial charge is 0.328 e. The lowest BCUT2D eigenvalue weighted by Crippen LogP contribution is -2.20. The number of carboxylic acids is 1. The molecule has 0 aliphatic rings. The van der Waals surface area contributed by atoms with Crippen molar-refractivity contribution in [2.24, 2.45) is 10.9 Å². The molecule has 1 aromatic heterocycles. The van der Waals surface area contributed by atoms with Gasteiger partial charge in [0.05, 0.1) is 0 Å². The standard InChI is InChI=1S/C11H15NO2S/c1-8(2)6-10(11(13)14)12-7-9-4-3-5-15-9/h3-5,7-8,10H,6H2,1-2H3,(H,13,14)/b12-7+. The summed E-state index contributed by atoms with van der Waals surface area (Å²) in [6.07, 6.45) is 2.23. The zero-order valence-electron chi connectivity index (χ0n) is 8.88. The van der Waals surface area contributed by atoms with Crippen molar-refractivity contribution in [3.63, 3.8) is 0 Å². The molecule has 3 nitrogen and oxygen atoms in total. The lowest BCUT2D eigenvalue weighted by atomic mass is 10.0. The van der Waals surface area contributed by atoms with Crippen LogP contribution < -0.4 is 0 Å². The molecule has 0 spiro atoms. The summed E-state index contributed by atoms with van der Waals surface area (Å²) in [7, 11) is 0. The Morgan fingerprint density at radius 2 is 2.40 bits per heavy atom. The fourth-order valence-electron chi connectivity index (χ4n) is 1.20. The molecule has 0 amide bonds. The third kappa shape index (κ3) is 4.25. The van der Waals surface area contributed by atoms with E-state index in [1.54, 1.807) is 17.6 Å². The monoisotopic (exact) mass is 225 g/mol. The molecule has 1 heterocycles. The van der Waals surface area contributed by atoms with E-state index < -0.39 is 12.0 Å². The van der Waals surface area contributed by atoms with Gasteiger partial charge in [0.25, 0.3) is 0 Å². The number of rotatable bonds is 5. The van der Waals surface area contributed by atoms with E-state index in [1.807, 2.05) is 31.4 Å². The van der Waals surface area contributed by atoms with Gasteiger partial charge in [-0.3, -0.25) is 4.99 Å². The number of aliphatic carboxylic acids is 1. The maximum atomic E-state index is 10.9. The highest BCUT2D eigenvalue weighted by atomic mass is 32.1. The summed E-state index contributed by atoms with van der Waals surface area (Å²) in [6, 6.07) is 3.22. The summed E-state index contributed by atoms with van der Waals surface area (Å²) in [6.45, 7) is 3.99. The maximum Gasteiger partial charge on any atom is 0.328 e. The van der Waals surface area contributed by atoms with E-state index >= 15 is 0 Å². The van der Waals surface area contributed by atoms with Crippen molar-refractivity contribution in [2.45, 2.75) is 26.3 Å². The molecule has 0 aromatic carbocycles. The second kappa shape index (κ2) is 5.66. The maximum absolute atomic E-state index is 10.9. The summed E-state index contributed by atoms with van der Waals surface area (Å²) in [5.74, 6) is -0.511. The summed E-state index contributed by atoms with van der Waals surface area (Å²) < 4.78 is 0. The predicted octanol–water partition coefficient (Wildman–Crippen LogP) is 2.67. The first-order valence-electron chi connectivity index (χ1n) is 4.89. The van der Waals surface area contributed by atoms with Crippen LogP contribution in [0.1, 0.15) is 25.1 Å². The summed E-state index contributed by atoms with van der Waals surface area (Å²) in [5, 5.41) is 10.9. The zero-order chi connectivity index (χ0) is 11.3. The van der Waals surface area contributed by atoms with Gasteiger partial charge in [0.15, 0.2) is 0 Å². The number of thiophene rings is 1. The first kappa shape index (κ1) is 11.9. The van der Waals surface area contributed by atoms with Gasteiger partial charge in [-0.05, 0) is 23.8 Å². The molecule has 1 N–H and O–H groups in total. The quantitative estimate of drug-likeness (QED) is 0.783. The number of hydrogen-bond donors (Lipinski definition) is 1. The molecule has 15 heavy (non-hydrogen) atoms. The molecule has 1 aromatic rings. The largest absolute Gasteiger partial charge is 0.480 e. The van der Waals surface area contributed by atoms with Crippen molar-refractivity contribution in [1.29, 1.82) is 0 Å². The van der Waals surface area contributed by atoms with Gasteiger partial charge in [0.1, 0.15) is 6.04 Å². The van der Waals surface area contributed by atoms with Gasteiger partial charge in [-0.1, -0.05) is 19.9 Å². The summed E-state index contributed by atoms with van der Waals surface area (Å²) >= 11 is 1.55. The zero-order valence-corrected chi connectivity index (χ0v) is 9.70. The van der Waals surface area contributed by atoms with Crippen molar-refractivity contribution in [2.75, 3.05) is 0 Å². The first-order chi connectivity index (χ1) is 7.09. The third-order valence-corrected chi connectivity index (χ3v) is 2.71. The van der Waals surface area contributed by atoms with Crippen LogP contribution in [0.2, 0.25) is 0 Å². The van der Waals surface area contributed by atoms with Crippen LogP contribution in [0.4, 0.5) is 0 Å². The Bertz CT molecular complexity index is 330. The van der Waals surface area contributed by atoms with Gasteiger partial charge in [0.2, 0.25) is 0 Å². The molecule has 0 aliphatic heterocycles. The van der Waals surface area contributed by atoms with Crippen molar-refractivity contribution in [3.8, 4) is 0 Å². The topological polar surface area (TPSA) is 49.7 Å². The number of carbonyl (C=O) groups is 1. The number of nitrogens with zero attached hydrogens (tertiary/aromatic N) is 1. The molecule has 82 valence electrons. The van der Waals surface area contributed by atoms with E-state index in [-0.39, 0.29) is 0 Å². The van der Waals surface area contributed by atoms with E-state index in [4.69, 9.17) is 5.11 Å². The van der Waals surface area contributed by atoms with Crippen LogP contribution in [-0.4, -0.2) is 23.3 Å². The highest BCUT2D eigenvalue weighted by molar-refractivity contribution is 7.11. The number of hydrogen-bond acceptors (Lipinski definition) is 3. The minimum absolute atomic E-state index is 0.339. The van der Waals surface area contributed by atoms with Crippen LogP contribution in [0.5, 0.6) is 0 Å². The van der Waals surface area contributed by atoms with Crippen LogP contribution in [0, 0.1) is 5.92 Å². The van der Waals surface area contributed by atoms with Gasteiger partial charge in [-0.2, -0.15) is 0 Å². The molecule has 1 atom stereocenters. The lowest BCUT2D eigenvalue weighted by Gasteiger charge is -2.09. The lowest BCUT2D eigenvalue weighted by molar-refractivity contribution is -0.138. The average Bonchev–Trinajstić information content (AvgIpc) is 2.63. The van der Waals surface area contributed by atoms with Crippen molar-refractivity contribution >= 4 is 23.5 Å². The molecule has 1 rings (SSSR count). The van der Waals surface area contributed by atoms with Crippen molar-refractivity contribution < 1.29 is 9.90 Å². The summed E-state index contributed by atoms with van der Waals surface area (Å²) in [5.41, 5.74) is 0. The van der Waals surface area contributed by atoms with Crippen LogP contribution in [-0.2, 0) is 4.79 Å². The molecule has 0 saturated carbocycles. The van der Waals surface area contributed by atoms with Crippen LogP contribution in [0.3, 0.4) is 0 Å². The van der Waals surface area contributed by atoms with E-state index in [1.165, 1.54) is 0 Å². The van der Waals surface area contributed by atoms with Gasteiger partial charge in [0, 0.05) is 11.1 Å². The van der Waals surface area contributed by atoms with E-state index in [2.05, 4.69) is 4.99 Å². The highest BCUT2D eigenvalue weighted by Gasteiger charge is 2.16. The second-order valence-electron chi connectivity index (χ2n) is 3.78. The molecule has 1 unspecified atom stereocenters. The van der Waals surface area contributed by atoms with Crippen molar-refractivity contribution in [3.05, 3.63) is 22.4 Å². The molecule has 0 bridgehead atoms. The Kier molecular flexibility index (Phi) is 4.49. The molecule has 0 radical (unpaired) electrons. The van der Waals surface area contributed by atoms with Gasteiger partial charge < -0.3 is 5.11 Å². The van der Waals surface area contributed by atoms with Gasteiger partial charge in [-0.15, -0.1) is 11.3 Å². The van der Waals surface area contributed by atoms with Crippen molar-refractivity contribution in [1.82, 2.24) is 0 Å². The molecular weight excluding hydrogens is 210 g/mol. The highest BCUT2D eigenvalue weighted by Crippen LogP contribution is 2.10. The number of aliphatic imine (C=N–C) groups is 1. The normalized spacial score (nSPS) is 13.5. The molecular formula is C11H15NO2S.